The first-order valence-corrected chi connectivity index (χ1v) is 8.34. The van der Waals surface area contributed by atoms with Crippen molar-refractivity contribution < 1.29 is 9.59 Å². The van der Waals surface area contributed by atoms with Crippen LogP contribution in [0.4, 0.5) is 0 Å². The molecule has 5 nitrogen and oxygen atoms in total. The molecular formula is C16H29N3O2. The van der Waals surface area contributed by atoms with Crippen molar-refractivity contribution in [3.8, 4) is 0 Å². The first-order chi connectivity index (χ1) is 10.1. The monoisotopic (exact) mass is 295 g/mol. The standard InChI is InChI=1S/C16H29N3O2/c1-13(2)11-17-15(20)12-18-7-9-19(10-8-18)16(21)14-5-3-4-6-14/h13-14H,3-12H2,1-2H3,(H,17,20). The molecule has 5 heteroatoms. The van der Waals surface area contributed by atoms with E-state index in [0.29, 0.717) is 18.4 Å². The lowest BCUT2D eigenvalue weighted by Gasteiger charge is -2.35. The van der Waals surface area contributed by atoms with E-state index in [4.69, 9.17) is 0 Å². The number of carbonyl (C=O) groups excluding carboxylic acids is 2. The number of piperazine rings is 1. The first kappa shape index (κ1) is 16.3. The summed E-state index contributed by atoms with van der Waals surface area (Å²) in [6, 6.07) is 0. The van der Waals surface area contributed by atoms with Crippen molar-refractivity contribution in [2.75, 3.05) is 39.3 Å². The number of hydrogen-bond donors (Lipinski definition) is 1. The largest absolute Gasteiger partial charge is 0.355 e. The zero-order valence-electron chi connectivity index (χ0n) is 13.4. The Morgan fingerprint density at radius 2 is 1.71 bits per heavy atom. The fourth-order valence-corrected chi connectivity index (χ4v) is 3.13. The van der Waals surface area contributed by atoms with E-state index in [1.54, 1.807) is 0 Å². The van der Waals surface area contributed by atoms with Gasteiger partial charge in [0.15, 0.2) is 0 Å². The van der Waals surface area contributed by atoms with Crippen LogP contribution in [-0.2, 0) is 9.59 Å². The summed E-state index contributed by atoms with van der Waals surface area (Å²) in [6.45, 7) is 8.54. The first-order valence-electron chi connectivity index (χ1n) is 8.34. The van der Waals surface area contributed by atoms with Gasteiger partial charge < -0.3 is 10.2 Å². The molecule has 120 valence electrons. The van der Waals surface area contributed by atoms with Crippen molar-refractivity contribution in [1.82, 2.24) is 15.1 Å². The van der Waals surface area contributed by atoms with Crippen LogP contribution in [0.25, 0.3) is 0 Å². The smallest absolute Gasteiger partial charge is 0.234 e. The molecule has 2 fully saturated rings. The number of amides is 2. The number of rotatable bonds is 5. The number of carbonyl (C=O) groups is 2. The van der Waals surface area contributed by atoms with E-state index < -0.39 is 0 Å². The second-order valence-corrected chi connectivity index (χ2v) is 6.78. The highest BCUT2D eigenvalue weighted by atomic mass is 16.2. The molecule has 0 aromatic heterocycles. The predicted octanol–water partition coefficient (Wildman–Crippen LogP) is 1.09. The SMILES string of the molecule is CC(C)CNC(=O)CN1CCN(C(=O)C2CCCC2)CC1. The minimum Gasteiger partial charge on any atom is -0.355 e. The van der Waals surface area contributed by atoms with Crippen LogP contribution in [0.5, 0.6) is 0 Å². The topological polar surface area (TPSA) is 52.7 Å². The summed E-state index contributed by atoms with van der Waals surface area (Å²) < 4.78 is 0. The molecule has 1 N–H and O–H groups in total. The number of nitrogens with zero attached hydrogens (tertiary/aromatic N) is 2. The van der Waals surface area contributed by atoms with Crippen LogP contribution >= 0.6 is 0 Å². The molecule has 1 aliphatic carbocycles. The van der Waals surface area contributed by atoms with E-state index in [9.17, 15) is 9.59 Å². The van der Waals surface area contributed by atoms with E-state index in [2.05, 4.69) is 24.1 Å². The quantitative estimate of drug-likeness (QED) is 0.826. The summed E-state index contributed by atoms with van der Waals surface area (Å²) in [4.78, 5) is 28.3. The van der Waals surface area contributed by atoms with Gasteiger partial charge in [0.2, 0.25) is 11.8 Å². The molecule has 21 heavy (non-hydrogen) atoms. The zero-order valence-corrected chi connectivity index (χ0v) is 13.4. The molecule has 2 amide bonds. The second-order valence-electron chi connectivity index (χ2n) is 6.78. The summed E-state index contributed by atoms with van der Waals surface area (Å²) >= 11 is 0. The summed E-state index contributed by atoms with van der Waals surface area (Å²) in [6.07, 6.45) is 4.53. The lowest BCUT2D eigenvalue weighted by atomic mass is 10.1. The van der Waals surface area contributed by atoms with Gasteiger partial charge >= 0.3 is 0 Å². The molecule has 1 heterocycles. The minimum absolute atomic E-state index is 0.0965. The van der Waals surface area contributed by atoms with Crippen molar-refractivity contribution in [3.63, 3.8) is 0 Å². The molecular weight excluding hydrogens is 266 g/mol. The van der Waals surface area contributed by atoms with Gasteiger partial charge in [0.25, 0.3) is 0 Å². The summed E-state index contributed by atoms with van der Waals surface area (Å²) in [5.74, 6) is 1.19. The molecule has 0 radical (unpaired) electrons. The van der Waals surface area contributed by atoms with Crippen molar-refractivity contribution in [3.05, 3.63) is 0 Å². The van der Waals surface area contributed by atoms with Crippen LogP contribution in [0.3, 0.4) is 0 Å². The zero-order chi connectivity index (χ0) is 15.2. The van der Waals surface area contributed by atoms with Crippen molar-refractivity contribution >= 4 is 11.8 Å². The van der Waals surface area contributed by atoms with E-state index >= 15 is 0 Å². The molecule has 0 aromatic rings. The summed E-state index contributed by atoms with van der Waals surface area (Å²) in [5.41, 5.74) is 0. The van der Waals surface area contributed by atoms with Crippen LogP contribution in [0, 0.1) is 11.8 Å². The Bertz CT molecular complexity index is 357. The molecule has 1 aliphatic heterocycles. The Kier molecular flexibility index (Phi) is 6.03. The van der Waals surface area contributed by atoms with Gasteiger partial charge in [-0.15, -0.1) is 0 Å². The summed E-state index contributed by atoms with van der Waals surface area (Å²) in [7, 11) is 0. The van der Waals surface area contributed by atoms with Gasteiger partial charge in [-0.25, -0.2) is 0 Å². The van der Waals surface area contributed by atoms with Crippen LogP contribution in [0.1, 0.15) is 39.5 Å². The number of nitrogens with one attached hydrogen (secondary N) is 1. The van der Waals surface area contributed by atoms with Gasteiger partial charge in [-0.05, 0) is 18.8 Å². The highest BCUT2D eigenvalue weighted by Gasteiger charge is 2.29. The number of hydrogen-bond acceptors (Lipinski definition) is 3. The van der Waals surface area contributed by atoms with Gasteiger partial charge in [0.1, 0.15) is 0 Å². The normalized spacial score (nSPS) is 21.0. The van der Waals surface area contributed by atoms with Crippen molar-refractivity contribution in [2.24, 2.45) is 11.8 Å². The van der Waals surface area contributed by atoms with Crippen LogP contribution < -0.4 is 5.32 Å². The van der Waals surface area contributed by atoms with Gasteiger partial charge in [-0.2, -0.15) is 0 Å². The summed E-state index contributed by atoms with van der Waals surface area (Å²) in [5, 5.41) is 2.95. The van der Waals surface area contributed by atoms with E-state index in [1.165, 1.54) is 12.8 Å². The third-order valence-corrected chi connectivity index (χ3v) is 4.46. The van der Waals surface area contributed by atoms with Gasteiger partial charge in [0.05, 0.1) is 6.54 Å². The van der Waals surface area contributed by atoms with E-state index in [0.717, 1.165) is 45.6 Å². The maximum atomic E-state index is 12.3. The highest BCUT2D eigenvalue weighted by molar-refractivity contribution is 5.79. The Labute approximate surface area is 128 Å². The third-order valence-electron chi connectivity index (χ3n) is 4.46. The average molecular weight is 295 g/mol. The highest BCUT2D eigenvalue weighted by Crippen LogP contribution is 2.26. The van der Waals surface area contributed by atoms with Crippen LogP contribution in [-0.4, -0.2) is 60.9 Å². The lowest BCUT2D eigenvalue weighted by molar-refractivity contribution is -0.137. The molecule has 0 spiro atoms. The predicted molar refractivity (Wildman–Crippen MR) is 82.8 cm³/mol. The molecule has 0 bridgehead atoms. The third kappa shape index (κ3) is 4.99. The van der Waals surface area contributed by atoms with E-state index in [1.807, 2.05) is 4.90 Å². The molecule has 0 atom stereocenters. The Morgan fingerprint density at radius 1 is 1.10 bits per heavy atom. The van der Waals surface area contributed by atoms with Crippen LogP contribution in [0.2, 0.25) is 0 Å². The molecule has 2 aliphatic rings. The minimum atomic E-state index is 0.0965. The van der Waals surface area contributed by atoms with Crippen molar-refractivity contribution in [1.29, 1.82) is 0 Å². The molecule has 0 aromatic carbocycles. The Hall–Kier alpha value is -1.10. The van der Waals surface area contributed by atoms with Crippen molar-refractivity contribution in [2.45, 2.75) is 39.5 Å². The van der Waals surface area contributed by atoms with Gasteiger partial charge in [-0.3, -0.25) is 14.5 Å². The fraction of sp³-hybridized carbons (Fsp3) is 0.875. The average Bonchev–Trinajstić information content (AvgIpc) is 2.99. The fourth-order valence-electron chi connectivity index (χ4n) is 3.13. The van der Waals surface area contributed by atoms with Crippen LogP contribution in [0.15, 0.2) is 0 Å². The molecule has 1 saturated heterocycles. The lowest BCUT2D eigenvalue weighted by Crippen LogP contribution is -2.52. The van der Waals surface area contributed by atoms with Gasteiger partial charge in [0, 0.05) is 38.6 Å². The van der Waals surface area contributed by atoms with E-state index in [-0.39, 0.29) is 11.8 Å². The Morgan fingerprint density at radius 3 is 2.29 bits per heavy atom. The van der Waals surface area contributed by atoms with Gasteiger partial charge in [-0.1, -0.05) is 26.7 Å². The molecule has 2 rings (SSSR count). The maximum Gasteiger partial charge on any atom is 0.234 e. The Balaban J connectivity index is 1.68. The second kappa shape index (κ2) is 7.78. The maximum absolute atomic E-state index is 12.3. The molecule has 0 unspecified atom stereocenters. The molecule has 1 saturated carbocycles.